The molecule has 116 valence electrons. The quantitative estimate of drug-likeness (QED) is 0.556. The molecule has 0 aliphatic carbocycles. The minimum absolute atomic E-state index is 0.228. The zero-order valence-electron chi connectivity index (χ0n) is 12.9. The highest BCUT2D eigenvalue weighted by Gasteiger charge is 2.33. The second kappa shape index (κ2) is 8.82. The Hall–Kier alpha value is -1.26. The maximum absolute atomic E-state index is 12.2. The van der Waals surface area contributed by atoms with Crippen molar-refractivity contribution in [3.05, 3.63) is 0 Å². The van der Waals surface area contributed by atoms with Crippen LogP contribution in [0, 0.1) is 0 Å². The molecule has 1 saturated heterocycles. The lowest BCUT2D eigenvalue weighted by Crippen LogP contribution is -2.49. The van der Waals surface area contributed by atoms with Crippen molar-refractivity contribution >= 4 is 12.1 Å². The van der Waals surface area contributed by atoms with Crippen molar-refractivity contribution in [3.63, 3.8) is 0 Å². The van der Waals surface area contributed by atoms with Crippen LogP contribution in [0.4, 0.5) is 4.79 Å². The highest BCUT2D eigenvalue weighted by atomic mass is 16.6. The van der Waals surface area contributed by atoms with E-state index >= 15 is 0 Å². The van der Waals surface area contributed by atoms with Gasteiger partial charge in [-0.1, -0.05) is 13.8 Å². The van der Waals surface area contributed by atoms with Gasteiger partial charge in [-0.3, -0.25) is 4.79 Å². The minimum Gasteiger partial charge on any atom is -0.469 e. The van der Waals surface area contributed by atoms with E-state index in [1.165, 1.54) is 13.5 Å². The average Bonchev–Trinajstić information content (AvgIpc) is 2.49. The maximum Gasteiger partial charge on any atom is 0.410 e. The number of rotatable bonds is 6. The fourth-order valence-electron chi connectivity index (χ4n) is 2.82. The average molecular weight is 285 g/mol. The van der Waals surface area contributed by atoms with E-state index in [-0.39, 0.29) is 25.1 Å². The number of hydrogen-bond acceptors (Lipinski definition) is 4. The second-order valence-electron chi connectivity index (χ2n) is 5.26. The van der Waals surface area contributed by atoms with Crippen molar-refractivity contribution in [3.8, 4) is 0 Å². The van der Waals surface area contributed by atoms with Crippen molar-refractivity contribution in [1.82, 2.24) is 4.90 Å². The Morgan fingerprint density at radius 2 is 1.75 bits per heavy atom. The third-order valence-corrected chi connectivity index (χ3v) is 3.99. The zero-order chi connectivity index (χ0) is 15.0. The standard InChI is InChI=1S/C15H27NO4/c1-4-12-8-6-9-13(5-2)16(12)15(18)20-11-7-10-14(17)19-3/h12-13H,4-11H2,1-3H3. The van der Waals surface area contributed by atoms with Crippen LogP contribution in [-0.4, -0.2) is 42.8 Å². The van der Waals surface area contributed by atoms with Crippen molar-refractivity contribution in [2.75, 3.05) is 13.7 Å². The summed E-state index contributed by atoms with van der Waals surface area (Å²) in [6, 6.07) is 0.587. The summed E-state index contributed by atoms with van der Waals surface area (Å²) >= 11 is 0. The molecule has 1 heterocycles. The number of nitrogens with zero attached hydrogens (tertiary/aromatic N) is 1. The molecule has 0 aromatic heterocycles. The van der Waals surface area contributed by atoms with E-state index in [0.29, 0.717) is 18.5 Å². The first-order valence-corrected chi connectivity index (χ1v) is 7.65. The van der Waals surface area contributed by atoms with Gasteiger partial charge in [-0.25, -0.2) is 4.79 Å². The fraction of sp³-hybridized carbons (Fsp3) is 0.867. The Labute approximate surface area is 121 Å². The molecule has 0 N–H and O–H groups in total. The summed E-state index contributed by atoms with van der Waals surface area (Å²) in [5, 5.41) is 0. The summed E-state index contributed by atoms with van der Waals surface area (Å²) < 4.78 is 9.87. The van der Waals surface area contributed by atoms with Gasteiger partial charge in [0.2, 0.25) is 0 Å². The number of ether oxygens (including phenoxy) is 2. The molecule has 0 aromatic rings. The van der Waals surface area contributed by atoms with E-state index in [1.54, 1.807) is 0 Å². The smallest absolute Gasteiger partial charge is 0.410 e. The van der Waals surface area contributed by atoms with Gasteiger partial charge in [0.05, 0.1) is 13.7 Å². The Balaban J connectivity index is 2.43. The lowest BCUT2D eigenvalue weighted by Gasteiger charge is -2.40. The summed E-state index contributed by atoms with van der Waals surface area (Å²) in [7, 11) is 1.36. The van der Waals surface area contributed by atoms with Gasteiger partial charge in [-0.2, -0.15) is 0 Å². The molecule has 1 aliphatic heterocycles. The van der Waals surface area contributed by atoms with E-state index in [4.69, 9.17) is 4.74 Å². The van der Waals surface area contributed by atoms with Crippen molar-refractivity contribution in [2.45, 2.75) is 70.9 Å². The first-order chi connectivity index (χ1) is 9.63. The molecule has 1 fully saturated rings. The highest BCUT2D eigenvalue weighted by Crippen LogP contribution is 2.27. The van der Waals surface area contributed by atoms with Crippen molar-refractivity contribution in [1.29, 1.82) is 0 Å². The van der Waals surface area contributed by atoms with Crippen LogP contribution in [0.25, 0.3) is 0 Å². The van der Waals surface area contributed by atoms with Gasteiger partial charge in [-0.05, 0) is 38.5 Å². The highest BCUT2D eigenvalue weighted by molar-refractivity contribution is 5.70. The molecular weight excluding hydrogens is 258 g/mol. The number of piperidine rings is 1. The SMILES string of the molecule is CCC1CCCC(CC)N1C(=O)OCCCC(=O)OC. The largest absolute Gasteiger partial charge is 0.469 e. The summed E-state index contributed by atoms with van der Waals surface area (Å²) in [5.74, 6) is -0.267. The van der Waals surface area contributed by atoms with Crippen LogP contribution in [0.1, 0.15) is 58.8 Å². The van der Waals surface area contributed by atoms with Crippen molar-refractivity contribution in [2.24, 2.45) is 0 Å². The Morgan fingerprint density at radius 3 is 2.25 bits per heavy atom. The van der Waals surface area contributed by atoms with Gasteiger partial charge < -0.3 is 14.4 Å². The zero-order valence-corrected chi connectivity index (χ0v) is 12.9. The lowest BCUT2D eigenvalue weighted by atomic mass is 9.93. The van der Waals surface area contributed by atoms with Gasteiger partial charge >= 0.3 is 12.1 Å². The molecule has 0 saturated carbocycles. The first kappa shape index (κ1) is 16.8. The van der Waals surface area contributed by atoms with Gasteiger partial charge in [0.25, 0.3) is 0 Å². The molecule has 0 radical (unpaired) electrons. The first-order valence-electron chi connectivity index (χ1n) is 7.65. The van der Waals surface area contributed by atoms with Crippen LogP contribution < -0.4 is 0 Å². The summed E-state index contributed by atoms with van der Waals surface area (Å²) in [4.78, 5) is 25.1. The fourth-order valence-corrected chi connectivity index (χ4v) is 2.82. The van der Waals surface area contributed by atoms with Gasteiger partial charge in [0, 0.05) is 18.5 Å². The van der Waals surface area contributed by atoms with Crippen LogP contribution in [0.2, 0.25) is 0 Å². The van der Waals surface area contributed by atoms with Gasteiger partial charge in [0.1, 0.15) is 0 Å². The van der Waals surface area contributed by atoms with Crippen LogP contribution >= 0.6 is 0 Å². The van der Waals surface area contributed by atoms with Crippen molar-refractivity contribution < 1.29 is 19.1 Å². The minimum atomic E-state index is -0.267. The number of methoxy groups -OCH3 is 1. The Bertz CT molecular complexity index is 307. The molecule has 0 bridgehead atoms. The normalized spacial score (nSPS) is 22.4. The van der Waals surface area contributed by atoms with Crippen LogP contribution in [-0.2, 0) is 14.3 Å². The van der Waals surface area contributed by atoms with Crippen LogP contribution in [0.15, 0.2) is 0 Å². The third kappa shape index (κ3) is 4.69. The molecule has 1 aliphatic rings. The number of hydrogen-bond donors (Lipinski definition) is 0. The van der Waals surface area contributed by atoms with Crippen LogP contribution in [0.3, 0.4) is 0 Å². The predicted octanol–water partition coefficient (Wildman–Crippen LogP) is 3.12. The molecule has 0 aromatic carbocycles. The molecule has 20 heavy (non-hydrogen) atoms. The monoisotopic (exact) mass is 285 g/mol. The second-order valence-corrected chi connectivity index (χ2v) is 5.26. The molecule has 2 unspecified atom stereocenters. The molecule has 0 spiro atoms. The van der Waals surface area contributed by atoms with E-state index in [9.17, 15) is 9.59 Å². The number of carbonyl (C=O) groups is 2. The number of amides is 1. The van der Waals surface area contributed by atoms with Gasteiger partial charge in [-0.15, -0.1) is 0 Å². The van der Waals surface area contributed by atoms with Crippen LogP contribution in [0.5, 0.6) is 0 Å². The summed E-state index contributed by atoms with van der Waals surface area (Å²) in [6.07, 6.45) is 5.81. The summed E-state index contributed by atoms with van der Waals surface area (Å²) in [6.45, 7) is 4.50. The van der Waals surface area contributed by atoms with E-state index in [2.05, 4.69) is 18.6 Å². The summed E-state index contributed by atoms with van der Waals surface area (Å²) in [5.41, 5.74) is 0. The number of likely N-dealkylation sites (tertiary alicyclic amines) is 1. The Kier molecular flexibility index (Phi) is 7.41. The molecule has 1 rings (SSSR count). The molecule has 2 atom stereocenters. The Morgan fingerprint density at radius 1 is 1.15 bits per heavy atom. The molecule has 5 heteroatoms. The van der Waals surface area contributed by atoms with E-state index in [1.807, 2.05) is 4.90 Å². The molecule has 1 amide bonds. The van der Waals surface area contributed by atoms with E-state index in [0.717, 1.165) is 25.7 Å². The third-order valence-electron chi connectivity index (χ3n) is 3.99. The molecule has 5 nitrogen and oxygen atoms in total. The topological polar surface area (TPSA) is 55.8 Å². The maximum atomic E-state index is 12.2. The predicted molar refractivity (Wildman–Crippen MR) is 76.4 cm³/mol. The van der Waals surface area contributed by atoms with Gasteiger partial charge in [0.15, 0.2) is 0 Å². The van der Waals surface area contributed by atoms with E-state index < -0.39 is 0 Å². The molecular formula is C15H27NO4. The number of carbonyl (C=O) groups excluding carboxylic acids is 2. The number of esters is 1. The lowest BCUT2D eigenvalue weighted by molar-refractivity contribution is -0.140.